The van der Waals surface area contributed by atoms with E-state index in [1.807, 2.05) is 0 Å². The van der Waals surface area contributed by atoms with Crippen LogP contribution in [0.1, 0.15) is 12.8 Å². The molecule has 0 aliphatic carbocycles. The molecule has 2 aliphatic heterocycles. The lowest BCUT2D eigenvalue weighted by Gasteiger charge is -2.44. The van der Waals surface area contributed by atoms with Crippen LogP contribution in [-0.2, 0) is 9.47 Å². The molecule has 0 aromatic carbocycles. The molecule has 0 bridgehead atoms. The average Bonchev–Trinajstić information content (AvgIpc) is 2.02. The molecule has 3 nitrogen and oxygen atoms in total. The molecule has 2 fully saturated rings. The lowest BCUT2D eigenvalue weighted by atomic mass is 9.80. The van der Waals surface area contributed by atoms with E-state index in [0.717, 1.165) is 26.1 Å². The summed E-state index contributed by atoms with van der Waals surface area (Å²) in [5.74, 6) is 0.407. The normalized spacial score (nSPS) is 31.4. The van der Waals surface area contributed by atoms with Gasteiger partial charge < -0.3 is 14.6 Å². The number of hydrogen-bond donors (Lipinski definition) is 1. The Morgan fingerprint density at radius 3 is 2.18 bits per heavy atom. The number of rotatable bonds is 1. The van der Waals surface area contributed by atoms with Crippen molar-refractivity contribution in [3.8, 4) is 0 Å². The van der Waals surface area contributed by atoms with Crippen LogP contribution >= 0.6 is 0 Å². The smallest absolute Gasteiger partial charge is 0.114 e. The molecule has 64 valence electrons. The van der Waals surface area contributed by atoms with Gasteiger partial charge in [-0.15, -0.1) is 0 Å². The van der Waals surface area contributed by atoms with Crippen molar-refractivity contribution in [2.24, 2.45) is 5.92 Å². The van der Waals surface area contributed by atoms with E-state index in [-0.39, 0.29) is 0 Å². The predicted molar refractivity (Wildman–Crippen MR) is 39.3 cm³/mol. The minimum absolute atomic E-state index is 0.407. The third kappa shape index (κ3) is 1.28. The third-order valence-corrected chi connectivity index (χ3v) is 2.69. The van der Waals surface area contributed by atoms with Crippen molar-refractivity contribution in [3.05, 3.63) is 0 Å². The van der Waals surface area contributed by atoms with Gasteiger partial charge in [-0.1, -0.05) is 0 Å². The second-order valence-corrected chi connectivity index (χ2v) is 3.48. The first-order chi connectivity index (χ1) is 5.31. The zero-order valence-electron chi connectivity index (χ0n) is 6.58. The fourth-order valence-electron chi connectivity index (χ4n) is 1.78. The molecule has 1 N–H and O–H groups in total. The van der Waals surface area contributed by atoms with E-state index in [4.69, 9.17) is 9.47 Å². The van der Waals surface area contributed by atoms with Crippen molar-refractivity contribution in [1.82, 2.24) is 0 Å². The molecule has 2 rings (SSSR count). The SMILES string of the molecule is OC1(C2CCOCC2)COC1. The fraction of sp³-hybridized carbons (Fsp3) is 1.00. The van der Waals surface area contributed by atoms with Crippen LogP contribution in [0.4, 0.5) is 0 Å². The largest absolute Gasteiger partial charge is 0.385 e. The van der Waals surface area contributed by atoms with Crippen molar-refractivity contribution in [3.63, 3.8) is 0 Å². The second-order valence-electron chi connectivity index (χ2n) is 3.48. The molecule has 0 aromatic heterocycles. The summed E-state index contributed by atoms with van der Waals surface area (Å²) >= 11 is 0. The highest BCUT2D eigenvalue weighted by Crippen LogP contribution is 2.32. The van der Waals surface area contributed by atoms with E-state index in [2.05, 4.69) is 0 Å². The summed E-state index contributed by atoms with van der Waals surface area (Å²) < 4.78 is 10.2. The Morgan fingerprint density at radius 1 is 1.09 bits per heavy atom. The zero-order chi connectivity index (χ0) is 7.73. The molecule has 0 unspecified atom stereocenters. The van der Waals surface area contributed by atoms with Crippen LogP contribution in [0.2, 0.25) is 0 Å². The molecule has 0 radical (unpaired) electrons. The minimum Gasteiger partial charge on any atom is -0.385 e. The number of hydrogen-bond acceptors (Lipinski definition) is 3. The van der Waals surface area contributed by atoms with E-state index in [9.17, 15) is 5.11 Å². The number of aliphatic hydroxyl groups is 1. The van der Waals surface area contributed by atoms with Crippen LogP contribution in [-0.4, -0.2) is 37.1 Å². The molecule has 11 heavy (non-hydrogen) atoms. The maximum atomic E-state index is 9.85. The van der Waals surface area contributed by atoms with Gasteiger partial charge in [0.05, 0.1) is 13.2 Å². The van der Waals surface area contributed by atoms with Crippen LogP contribution in [0, 0.1) is 5.92 Å². The van der Waals surface area contributed by atoms with E-state index in [0.29, 0.717) is 19.1 Å². The molecule has 0 amide bonds. The fourth-order valence-corrected chi connectivity index (χ4v) is 1.78. The summed E-state index contributed by atoms with van der Waals surface area (Å²) in [7, 11) is 0. The number of ether oxygens (including phenoxy) is 2. The Balaban J connectivity index is 1.91. The van der Waals surface area contributed by atoms with Gasteiger partial charge in [0, 0.05) is 13.2 Å². The zero-order valence-corrected chi connectivity index (χ0v) is 6.58. The molecule has 0 spiro atoms. The van der Waals surface area contributed by atoms with E-state index >= 15 is 0 Å². The van der Waals surface area contributed by atoms with Crippen LogP contribution < -0.4 is 0 Å². The second kappa shape index (κ2) is 2.73. The third-order valence-electron chi connectivity index (χ3n) is 2.69. The molecule has 2 heterocycles. The molecular formula is C8H14O3. The Hall–Kier alpha value is -0.120. The monoisotopic (exact) mass is 158 g/mol. The Kier molecular flexibility index (Phi) is 1.87. The molecule has 0 atom stereocenters. The van der Waals surface area contributed by atoms with Gasteiger partial charge in [0.1, 0.15) is 5.60 Å². The van der Waals surface area contributed by atoms with Crippen LogP contribution in [0.25, 0.3) is 0 Å². The van der Waals surface area contributed by atoms with Crippen LogP contribution in [0.3, 0.4) is 0 Å². The first-order valence-electron chi connectivity index (χ1n) is 4.19. The lowest BCUT2D eigenvalue weighted by molar-refractivity contribution is -0.218. The van der Waals surface area contributed by atoms with Gasteiger partial charge in [0.15, 0.2) is 0 Å². The highest BCUT2D eigenvalue weighted by Gasteiger charge is 2.43. The minimum atomic E-state index is -0.510. The van der Waals surface area contributed by atoms with Gasteiger partial charge in [-0.25, -0.2) is 0 Å². The van der Waals surface area contributed by atoms with Crippen molar-refractivity contribution < 1.29 is 14.6 Å². The quantitative estimate of drug-likeness (QED) is 0.591. The van der Waals surface area contributed by atoms with E-state index in [1.165, 1.54) is 0 Å². The topological polar surface area (TPSA) is 38.7 Å². The summed E-state index contributed by atoms with van der Waals surface area (Å²) in [4.78, 5) is 0. The lowest BCUT2D eigenvalue weighted by Crippen LogP contribution is -2.56. The van der Waals surface area contributed by atoms with Gasteiger partial charge in [0.2, 0.25) is 0 Å². The standard InChI is InChI=1S/C8H14O3/c9-8(5-11-6-8)7-1-3-10-4-2-7/h7,9H,1-6H2. The highest BCUT2D eigenvalue weighted by atomic mass is 16.5. The van der Waals surface area contributed by atoms with Gasteiger partial charge in [0.25, 0.3) is 0 Å². The van der Waals surface area contributed by atoms with Crippen LogP contribution in [0.5, 0.6) is 0 Å². The van der Waals surface area contributed by atoms with Crippen molar-refractivity contribution in [1.29, 1.82) is 0 Å². The Morgan fingerprint density at radius 2 is 1.73 bits per heavy atom. The average molecular weight is 158 g/mol. The van der Waals surface area contributed by atoms with E-state index < -0.39 is 5.60 Å². The summed E-state index contributed by atoms with van der Waals surface area (Å²) in [6, 6.07) is 0. The Labute approximate surface area is 66.3 Å². The molecule has 0 aromatic rings. The predicted octanol–water partition coefficient (Wildman–Crippen LogP) is 0.174. The van der Waals surface area contributed by atoms with Gasteiger partial charge in [-0.05, 0) is 18.8 Å². The summed E-state index contributed by atoms with van der Waals surface area (Å²) in [6.45, 7) is 2.65. The molecule has 2 aliphatic rings. The van der Waals surface area contributed by atoms with E-state index in [1.54, 1.807) is 0 Å². The van der Waals surface area contributed by atoms with Crippen molar-refractivity contribution >= 4 is 0 Å². The first-order valence-corrected chi connectivity index (χ1v) is 4.19. The van der Waals surface area contributed by atoms with Gasteiger partial charge in [-0.3, -0.25) is 0 Å². The van der Waals surface area contributed by atoms with Gasteiger partial charge >= 0.3 is 0 Å². The molecule has 2 saturated heterocycles. The van der Waals surface area contributed by atoms with Crippen LogP contribution in [0.15, 0.2) is 0 Å². The molecular weight excluding hydrogens is 144 g/mol. The molecule has 0 saturated carbocycles. The highest BCUT2D eigenvalue weighted by molar-refractivity contribution is 4.92. The summed E-state index contributed by atoms with van der Waals surface area (Å²) in [5.41, 5.74) is -0.510. The van der Waals surface area contributed by atoms with Gasteiger partial charge in [-0.2, -0.15) is 0 Å². The summed E-state index contributed by atoms with van der Waals surface area (Å²) in [6.07, 6.45) is 1.97. The Bertz CT molecular complexity index is 136. The van der Waals surface area contributed by atoms with Crippen molar-refractivity contribution in [2.75, 3.05) is 26.4 Å². The summed E-state index contributed by atoms with van der Waals surface area (Å²) in [5, 5.41) is 9.85. The maximum Gasteiger partial charge on any atom is 0.114 e. The first kappa shape index (κ1) is 7.53. The molecule has 3 heteroatoms. The maximum absolute atomic E-state index is 9.85. The van der Waals surface area contributed by atoms with Crippen molar-refractivity contribution in [2.45, 2.75) is 18.4 Å².